The summed E-state index contributed by atoms with van der Waals surface area (Å²) >= 11 is 0. The molecule has 0 aromatic carbocycles. The van der Waals surface area contributed by atoms with E-state index in [1.54, 1.807) is 0 Å². The van der Waals surface area contributed by atoms with Gasteiger partial charge in [0.15, 0.2) is 0 Å². The highest BCUT2D eigenvalue weighted by atomic mass is 16.3. The Morgan fingerprint density at radius 3 is 2.50 bits per heavy atom. The molecule has 1 aliphatic carbocycles. The van der Waals surface area contributed by atoms with Crippen LogP contribution in [0.2, 0.25) is 0 Å². The van der Waals surface area contributed by atoms with Crippen LogP contribution < -0.4 is 5.73 Å². The summed E-state index contributed by atoms with van der Waals surface area (Å²) in [7, 11) is 0. The molecule has 1 atom stereocenters. The molecule has 1 aliphatic rings. The van der Waals surface area contributed by atoms with E-state index >= 15 is 0 Å². The summed E-state index contributed by atoms with van der Waals surface area (Å²) in [4.78, 5) is 0. The van der Waals surface area contributed by atoms with Gasteiger partial charge in [-0.15, -0.1) is 0 Å². The predicted molar refractivity (Wildman–Crippen MR) is 50.9 cm³/mol. The van der Waals surface area contributed by atoms with Gasteiger partial charge in [0.1, 0.15) is 0 Å². The van der Waals surface area contributed by atoms with Crippen LogP contribution in [0.4, 0.5) is 0 Å². The van der Waals surface area contributed by atoms with E-state index in [1.165, 1.54) is 32.1 Å². The van der Waals surface area contributed by atoms with Crippen LogP contribution in [0.15, 0.2) is 0 Å². The van der Waals surface area contributed by atoms with Crippen molar-refractivity contribution in [3.8, 4) is 0 Å². The first-order chi connectivity index (χ1) is 5.83. The molecule has 1 saturated carbocycles. The van der Waals surface area contributed by atoms with Gasteiger partial charge < -0.3 is 10.8 Å². The van der Waals surface area contributed by atoms with E-state index in [0.29, 0.717) is 0 Å². The molecule has 0 spiro atoms. The molecule has 0 bridgehead atoms. The quantitative estimate of drug-likeness (QED) is 0.676. The van der Waals surface area contributed by atoms with Gasteiger partial charge in [0.2, 0.25) is 0 Å². The number of aliphatic hydroxyl groups is 1. The van der Waals surface area contributed by atoms with Crippen LogP contribution in [0.25, 0.3) is 0 Å². The number of rotatable bonds is 4. The van der Waals surface area contributed by atoms with Crippen molar-refractivity contribution in [2.24, 2.45) is 11.7 Å². The van der Waals surface area contributed by atoms with E-state index in [2.05, 4.69) is 0 Å². The van der Waals surface area contributed by atoms with E-state index in [4.69, 9.17) is 10.8 Å². The van der Waals surface area contributed by atoms with E-state index in [0.717, 1.165) is 18.8 Å². The largest absolute Gasteiger partial charge is 0.396 e. The number of hydrogen-bond donors (Lipinski definition) is 2. The van der Waals surface area contributed by atoms with Crippen molar-refractivity contribution in [1.29, 1.82) is 0 Å². The van der Waals surface area contributed by atoms with Gasteiger partial charge >= 0.3 is 0 Å². The zero-order valence-electron chi connectivity index (χ0n) is 7.84. The van der Waals surface area contributed by atoms with Crippen LogP contribution in [0, 0.1) is 5.92 Å². The summed E-state index contributed by atoms with van der Waals surface area (Å²) in [6.45, 7) is 0.244. The monoisotopic (exact) mass is 171 g/mol. The maximum atomic E-state index is 8.69. The van der Waals surface area contributed by atoms with Crippen molar-refractivity contribution in [2.45, 2.75) is 51.0 Å². The van der Waals surface area contributed by atoms with Crippen LogP contribution >= 0.6 is 0 Å². The van der Waals surface area contributed by atoms with Crippen LogP contribution in [0.5, 0.6) is 0 Å². The lowest BCUT2D eigenvalue weighted by Gasteiger charge is -2.24. The van der Waals surface area contributed by atoms with Crippen molar-refractivity contribution < 1.29 is 5.11 Å². The third-order valence-corrected chi connectivity index (χ3v) is 2.86. The maximum absolute atomic E-state index is 8.69. The van der Waals surface area contributed by atoms with Crippen molar-refractivity contribution in [2.75, 3.05) is 6.61 Å². The average Bonchev–Trinajstić information content (AvgIpc) is 2.06. The first kappa shape index (κ1) is 10.0. The van der Waals surface area contributed by atoms with Crippen LogP contribution in [-0.2, 0) is 0 Å². The second kappa shape index (κ2) is 5.55. The van der Waals surface area contributed by atoms with Gasteiger partial charge in [0, 0.05) is 12.6 Å². The Bertz CT molecular complexity index is 110. The molecule has 0 radical (unpaired) electrons. The van der Waals surface area contributed by atoms with Gasteiger partial charge in [-0.1, -0.05) is 32.1 Å². The van der Waals surface area contributed by atoms with Crippen molar-refractivity contribution in [3.05, 3.63) is 0 Å². The van der Waals surface area contributed by atoms with Gasteiger partial charge in [-0.3, -0.25) is 0 Å². The molecule has 1 fully saturated rings. The lowest BCUT2D eigenvalue weighted by molar-refractivity contribution is 0.252. The Balaban J connectivity index is 2.11. The molecule has 12 heavy (non-hydrogen) atoms. The number of nitrogens with two attached hydrogens (primary N) is 1. The topological polar surface area (TPSA) is 46.2 Å². The van der Waals surface area contributed by atoms with Gasteiger partial charge in [0.25, 0.3) is 0 Å². The Labute approximate surface area is 75.2 Å². The lowest BCUT2D eigenvalue weighted by atomic mass is 9.84. The minimum absolute atomic E-state index is 0.234. The highest BCUT2D eigenvalue weighted by Crippen LogP contribution is 2.27. The summed E-state index contributed by atoms with van der Waals surface area (Å²) in [5, 5.41) is 8.69. The van der Waals surface area contributed by atoms with Gasteiger partial charge in [-0.05, 0) is 18.8 Å². The third kappa shape index (κ3) is 3.55. The zero-order chi connectivity index (χ0) is 8.81. The van der Waals surface area contributed by atoms with Gasteiger partial charge in [0.05, 0.1) is 0 Å². The van der Waals surface area contributed by atoms with E-state index < -0.39 is 0 Å². The zero-order valence-corrected chi connectivity index (χ0v) is 7.84. The Hall–Kier alpha value is -0.0800. The molecule has 72 valence electrons. The fraction of sp³-hybridized carbons (Fsp3) is 1.00. The second-order valence-corrected chi connectivity index (χ2v) is 4.01. The fourth-order valence-corrected chi connectivity index (χ4v) is 2.13. The first-order valence-corrected chi connectivity index (χ1v) is 5.19. The summed E-state index contributed by atoms with van der Waals surface area (Å²) < 4.78 is 0. The Kier molecular flexibility index (Phi) is 4.62. The molecule has 1 unspecified atom stereocenters. The molecule has 0 saturated heterocycles. The van der Waals surface area contributed by atoms with E-state index in [9.17, 15) is 0 Å². The minimum atomic E-state index is 0.234. The Morgan fingerprint density at radius 2 is 1.92 bits per heavy atom. The van der Waals surface area contributed by atoms with Crippen molar-refractivity contribution in [3.63, 3.8) is 0 Å². The number of hydrogen-bond acceptors (Lipinski definition) is 2. The predicted octanol–water partition coefficient (Wildman–Crippen LogP) is 1.67. The van der Waals surface area contributed by atoms with E-state index in [-0.39, 0.29) is 12.6 Å². The summed E-state index contributed by atoms with van der Waals surface area (Å²) in [6, 6.07) is 0.234. The normalized spacial score (nSPS) is 22.5. The molecule has 3 N–H and O–H groups in total. The number of aliphatic hydroxyl groups excluding tert-OH is 1. The molecular weight excluding hydrogens is 150 g/mol. The molecule has 0 aromatic rings. The van der Waals surface area contributed by atoms with Crippen LogP contribution in [0.1, 0.15) is 44.9 Å². The van der Waals surface area contributed by atoms with Crippen LogP contribution in [0.3, 0.4) is 0 Å². The average molecular weight is 171 g/mol. The van der Waals surface area contributed by atoms with Crippen molar-refractivity contribution in [1.82, 2.24) is 0 Å². The first-order valence-electron chi connectivity index (χ1n) is 5.19. The molecule has 0 aliphatic heterocycles. The Morgan fingerprint density at radius 1 is 1.25 bits per heavy atom. The van der Waals surface area contributed by atoms with Crippen LogP contribution in [-0.4, -0.2) is 17.8 Å². The summed E-state index contributed by atoms with van der Waals surface area (Å²) in [5.41, 5.74) is 5.86. The SMILES string of the molecule is NC(CCO)CC1CCCCC1. The minimum Gasteiger partial charge on any atom is -0.396 e. The van der Waals surface area contributed by atoms with Gasteiger partial charge in [-0.2, -0.15) is 0 Å². The second-order valence-electron chi connectivity index (χ2n) is 4.01. The smallest absolute Gasteiger partial charge is 0.0445 e. The molecular formula is C10H21NO. The highest BCUT2D eigenvalue weighted by molar-refractivity contribution is 4.71. The van der Waals surface area contributed by atoms with E-state index in [1.807, 2.05) is 0 Å². The molecule has 2 heteroatoms. The summed E-state index contributed by atoms with van der Waals surface area (Å²) in [6.07, 6.45) is 8.80. The lowest BCUT2D eigenvalue weighted by Crippen LogP contribution is -2.25. The van der Waals surface area contributed by atoms with Crippen molar-refractivity contribution >= 4 is 0 Å². The molecule has 0 amide bonds. The maximum Gasteiger partial charge on any atom is 0.0445 e. The molecule has 1 rings (SSSR count). The molecule has 0 heterocycles. The van der Waals surface area contributed by atoms with Gasteiger partial charge in [-0.25, -0.2) is 0 Å². The highest BCUT2D eigenvalue weighted by Gasteiger charge is 2.15. The fourth-order valence-electron chi connectivity index (χ4n) is 2.13. The molecule has 0 aromatic heterocycles. The summed E-state index contributed by atoms with van der Waals surface area (Å²) in [5.74, 6) is 0.847. The standard InChI is InChI=1S/C10H21NO/c11-10(6-7-12)8-9-4-2-1-3-5-9/h9-10,12H,1-8,11H2. The third-order valence-electron chi connectivity index (χ3n) is 2.86. The molecule has 2 nitrogen and oxygen atoms in total.